The van der Waals surface area contributed by atoms with Gasteiger partial charge in [-0.1, -0.05) is 54.6 Å². The molecule has 4 aromatic rings. The lowest BCUT2D eigenvalue weighted by atomic mass is 9.96. The highest BCUT2D eigenvalue weighted by Crippen LogP contribution is 2.30. The second-order valence-corrected chi connectivity index (χ2v) is 7.25. The molecule has 1 atom stereocenters. The quantitative estimate of drug-likeness (QED) is 0.481. The molecule has 0 saturated carbocycles. The highest BCUT2D eigenvalue weighted by Gasteiger charge is 2.30. The monoisotopic (exact) mass is 403 g/mol. The topological polar surface area (TPSA) is 54.3 Å². The predicted octanol–water partition coefficient (Wildman–Crippen LogP) is 4.79. The molecular formula is C26H21N5. The summed E-state index contributed by atoms with van der Waals surface area (Å²) in [5.41, 5.74) is 4.80. The van der Waals surface area contributed by atoms with E-state index in [2.05, 4.69) is 56.3 Å². The first-order chi connectivity index (χ1) is 15.4. The van der Waals surface area contributed by atoms with Crippen LogP contribution in [0.25, 0.3) is 5.70 Å². The summed E-state index contributed by atoms with van der Waals surface area (Å²) < 4.78 is 0. The lowest BCUT2D eigenvalue weighted by Crippen LogP contribution is -2.43. The van der Waals surface area contributed by atoms with Crippen molar-refractivity contribution < 1.29 is 0 Å². The number of anilines is 1. The van der Waals surface area contributed by atoms with Crippen LogP contribution in [0, 0.1) is 0 Å². The molecule has 5 rings (SSSR count). The second-order valence-electron chi connectivity index (χ2n) is 7.25. The van der Waals surface area contributed by atoms with Gasteiger partial charge in [-0.2, -0.15) is 0 Å². The Hall–Kier alpha value is -4.12. The number of pyridine rings is 1. The van der Waals surface area contributed by atoms with Gasteiger partial charge < -0.3 is 4.90 Å². The molecule has 1 aliphatic heterocycles. The van der Waals surface area contributed by atoms with E-state index in [1.165, 1.54) is 5.56 Å². The zero-order chi connectivity index (χ0) is 20.9. The van der Waals surface area contributed by atoms with Crippen molar-refractivity contribution in [2.45, 2.75) is 12.5 Å². The molecule has 0 fully saturated rings. The molecule has 2 aromatic heterocycles. The first-order valence-corrected chi connectivity index (χ1v) is 10.2. The maximum atomic E-state index is 5.02. The van der Waals surface area contributed by atoms with Crippen molar-refractivity contribution in [3.63, 3.8) is 0 Å². The maximum absolute atomic E-state index is 5.02. The Morgan fingerprint density at radius 3 is 2.06 bits per heavy atom. The molecule has 1 unspecified atom stereocenters. The SMILES string of the molecule is C1=C(c2ncccn2)N=C(c2ccccn2)C(Cc2ccccc2)N1c1ccccc1. The Morgan fingerprint density at radius 2 is 1.35 bits per heavy atom. The number of benzene rings is 2. The van der Waals surface area contributed by atoms with Crippen LogP contribution in [-0.2, 0) is 6.42 Å². The number of hydrogen-bond donors (Lipinski definition) is 0. The van der Waals surface area contributed by atoms with E-state index in [0.29, 0.717) is 5.82 Å². The molecule has 1 aliphatic rings. The number of nitrogens with zero attached hydrogens (tertiary/aromatic N) is 5. The Kier molecular flexibility index (Phi) is 5.31. The molecule has 0 aliphatic carbocycles. The van der Waals surface area contributed by atoms with Crippen LogP contribution in [0.15, 0.2) is 115 Å². The van der Waals surface area contributed by atoms with Gasteiger partial charge in [0.15, 0.2) is 5.82 Å². The number of hydrogen-bond acceptors (Lipinski definition) is 5. The van der Waals surface area contributed by atoms with Crippen molar-refractivity contribution in [2.24, 2.45) is 4.99 Å². The highest BCUT2D eigenvalue weighted by atomic mass is 15.2. The van der Waals surface area contributed by atoms with Gasteiger partial charge in [0.1, 0.15) is 5.70 Å². The first-order valence-electron chi connectivity index (χ1n) is 10.2. The summed E-state index contributed by atoms with van der Waals surface area (Å²) in [6.07, 6.45) is 8.13. The summed E-state index contributed by atoms with van der Waals surface area (Å²) in [7, 11) is 0. The lowest BCUT2D eigenvalue weighted by molar-refractivity contribution is 0.790. The van der Waals surface area contributed by atoms with E-state index in [0.717, 1.165) is 29.2 Å². The minimum Gasteiger partial charge on any atom is -0.336 e. The highest BCUT2D eigenvalue weighted by molar-refractivity contribution is 6.09. The number of para-hydroxylation sites is 1. The Labute approximate surface area is 181 Å². The van der Waals surface area contributed by atoms with E-state index in [1.54, 1.807) is 18.6 Å². The summed E-state index contributed by atoms with van der Waals surface area (Å²) >= 11 is 0. The Balaban J connectivity index is 1.67. The number of aliphatic imine (C=N–C) groups is 1. The van der Waals surface area contributed by atoms with Crippen molar-refractivity contribution in [2.75, 3.05) is 4.90 Å². The summed E-state index contributed by atoms with van der Waals surface area (Å²) in [6, 6.07) is 28.5. The lowest BCUT2D eigenvalue weighted by Gasteiger charge is -2.35. The molecule has 5 nitrogen and oxygen atoms in total. The number of aromatic nitrogens is 3. The third-order valence-corrected chi connectivity index (χ3v) is 5.20. The minimum absolute atomic E-state index is 0.0211. The summed E-state index contributed by atoms with van der Waals surface area (Å²) in [5.74, 6) is 0.593. The zero-order valence-electron chi connectivity index (χ0n) is 16.9. The smallest absolute Gasteiger partial charge is 0.179 e. The third kappa shape index (κ3) is 4.12. The van der Waals surface area contributed by atoms with Gasteiger partial charge in [-0.3, -0.25) is 4.98 Å². The van der Waals surface area contributed by atoms with Crippen LogP contribution >= 0.6 is 0 Å². The van der Waals surface area contributed by atoms with Crippen LogP contribution < -0.4 is 4.90 Å². The van der Waals surface area contributed by atoms with Crippen LogP contribution in [0.3, 0.4) is 0 Å². The van der Waals surface area contributed by atoms with Gasteiger partial charge in [-0.05, 0) is 42.3 Å². The molecule has 3 heterocycles. The molecule has 5 heteroatoms. The molecule has 150 valence electrons. The molecule has 0 radical (unpaired) electrons. The molecule has 0 spiro atoms. The maximum Gasteiger partial charge on any atom is 0.179 e. The van der Waals surface area contributed by atoms with Gasteiger partial charge in [0.2, 0.25) is 0 Å². The van der Waals surface area contributed by atoms with Crippen LogP contribution in [-0.4, -0.2) is 26.7 Å². The molecule has 0 saturated heterocycles. The normalized spacial score (nSPS) is 15.9. The standard InChI is InChI=1S/C26H21N5/c1-3-10-20(11-4-1)18-24-25(22-14-7-8-15-27-22)30-23(26-28-16-9-17-29-26)19-31(24)21-12-5-2-6-13-21/h1-17,19,24H,18H2. The van der Waals surface area contributed by atoms with Gasteiger partial charge >= 0.3 is 0 Å². The van der Waals surface area contributed by atoms with E-state index in [-0.39, 0.29) is 6.04 Å². The summed E-state index contributed by atoms with van der Waals surface area (Å²) in [5, 5.41) is 0. The molecule has 2 aromatic carbocycles. The fourth-order valence-electron chi connectivity index (χ4n) is 3.75. The summed E-state index contributed by atoms with van der Waals surface area (Å²) in [6.45, 7) is 0. The number of rotatable bonds is 5. The van der Waals surface area contributed by atoms with Crippen LogP contribution in [0.4, 0.5) is 5.69 Å². The third-order valence-electron chi connectivity index (χ3n) is 5.20. The van der Waals surface area contributed by atoms with Gasteiger partial charge in [0.25, 0.3) is 0 Å². The fraction of sp³-hybridized carbons (Fsp3) is 0.0769. The Morgan fingerprint density at radius 1 is 0.677 bits per heavy atom. The van der Waals surface area contributed by atoms with E-state index < -0.39 is 0 Å². The van der Waals surface area contributed by atoms with Crippen molar-refractivity contribution in [3.8, 4) is 0 Å². The van der Waals surface area contributed by atoms with E-state index >= 15 is 0 Å². The largest absolute Gasteiger partial charge is 0.336 e. The van der Waals surface area contributed by atoms with Crippen molar-refractivity contribution in [1.82, 2.24) is 15.0 Å². The van der Waals surface area contributed by atoms with E-state index in [4.69, 9.17) is 4.99 Å². The first kappa shape index (κ1) is 18.9. The van der Waals surface area contributed by atoms with Gasteiger partial charge in [0.05, 0.1) is 17.4 Å². The second kappa shape index (κ2) is 8.71. The van der Waals surface area contributed by atoms with Crippen LogP contribution in [0.1, 0.15) is 17.1 Å². The summed E-state index contributed by atoms with van der Waals surface area (Å²) in [4.78, 5) is 20.8. The van der Waals surface area contributed by atoms with Gasteiger partial charge in [0, 0.05) is 30.5 Å². The molecule has 0 bridgehead atoms. The zero-order valence-corrected chi connectivity index (χ0v) is 16.9. The van der Waals surface area contributed by atoms with Gasteiger partial charge in [-0.25, -0.2) is 15.0 Å². The average Bonchev–Trinajstić information content (AvgIpc) is 2.86. The van der Waals surface area contributed by atoms with Crippen molar-refractivity contribution in [1.29, 1.82) is 0 Å². The van der Waals surface area contributed by atoms with Crippen LogP contribution in [0.5, 0.6) is 0 Å². The average molecular weight is 403 g/mol. The van der Waals surface area contributed by atoms with E-state index in [1.807, 2.05) is 54.7 Å². The van der Waals surface area contributed by atoms with Crippen molar-refractivity contribution >= 4 is 17.1 Å². The van der Waals surface area contributed by atoms with Crippen LogP contribution in [0.2, 0.25) is 0 Å². The fourth-order valence-corrected chi connectivity index (χ4v) is 3.75. The van der Waals surface area contributed by atoms with Gasteiger partial charge in [-0.15, -0.1) is 0 Å². The van der Waals surface area contributed by atoms with Crippen molar-refractivity contribution in [3.05, 3.63) is 127 Å². The molecule has 31 heavy (non-hydrogen) atoms. The predicted molar refractivity (Wildman–Crippen MR) is 124 cm³/mol. The molecular weight excluding hydrogens is 382 g/mol. The minimum atomic E-state index is -0.0211. The molecule has 0 N–H and O–H groups in total. The van der Waals surface area contributed by atoms with E-state index in [9.17, 15) is 0 Å². The Bertz CT molecular complexity index is 1190. The molecule has 0 amide bonds.